The Morgan fingerprint density at radius 3 is 2.06 bits per heavy atom. The predicted octanol–water partition coefficient (Wildman–Crippen LogP) is 1.81. The molecule has 0 unspecified atom stereocenters. The van der Waals surface area contributed by atoms with Crippen LogP contribution in [0.25, 0.3) is 0 Å². The van der Waals surface area contributed by atoms with Crippen LogP contribution >= 0.6 is 0 Å². The summed E-state index contributed by atoms with van der Waals surface area (Å²) in [5.74, 6) is -1.34. The third-order valence-corrected chi connectivity index (χ3v) is 1.98. The van der Waals surface area contributed by atoms with Crippen LogP contribution in [0, 0.1) is 0 Å². The van der Waals surface area contributed by atoms with Crippen LogP contribution in [-0.2, 0) is 4.74 Å². The van der Waals surface area contributed by atoms with Gasteiger partial charge in [-0.2, -0.15) is 13.2 Å². The predicted molar refractivity (Wildman–Crippen MR) is 51.0 cm³/mol. The van der Waals surface area contributed by atoms with Gasteiger partial charge in [0.25, 0.3) is 0 Å². The number of nitrogens with zero attached hydrogens (tertiary/aromatic N) is 1. The van der Waals surface area contributed by atoms with Gasteiger partial charge in [-0.3, -0.25) is 4.84 Å². The number of carbonyl (C=O) groups excluding carboxylic acids is 1. The van der Waals surface area contributed by atoms with Crippen LogP contribution < -0.4 is 4.84 Å². The van der Waals surface area contributed by atoms with Crippen LogP contribution in [0.4, 0.5) is 18.0 Å². The maximum atomic E-state index is 12.4. The lowest BCUT2D eigenvalue weighted by Gasteiger charge is -2.26. The maximum absolute atomic E-state index is 12.4. The van der Waals surface area contributed by atoms with Crippen molar-refractivity contribution in [1.29, 1.82) is 0 Å². The molecule has 102 valence electrons. The quantitative estimate of drug-likeness (QED) is 0.800. The lowest BCUT2D eigenvalue weighted by Crippen LogP contribution is -2.44. The smallest absolute Gasteiger partial charge is 0.492 e. The molecule has 0 fully saturated rings. The van der Waals surface area contributed by atoms with Gasteiger partial charge in [-0.15, -0.1) is 4.73 Å². The topological polar surface area (TPSA) is 80.9 Å². The van der Waals surface area contributed by atoms with Gasteiger partial charge in [0.05, 0.1) is 0 Å². The van der Waals surface area contributed by atoms with Gasteiger partial charge in [0, 0.05) is 12.1 Å². The van der Waals surface area contributed by atoms with Gasteiger partial charge in [-0.05, 0) is 13.8 Å². The normalized spacial score (nSPS) is 12.3. The molecule has 0 aliphatic heterocycles. The average molecular weight is 269 g/mol. The van der Waals surface area contributed by atoms with Crippen molar-refractivity contribution in [1.82, 2.24) is 4.73 Å². The zero-order valence-corrected chi connectivity index (χ0v) is 9.35. The molecule has 0 bridgehead atoms. The maximum Gasteiger partial charge on any atom is 0.534 e. The summed E-state index contributed by atoms with van der Waals surface area (Å²) in [7, 11) is 0. The van der Waals surface area contributed by atoms with E-state index in [2.05, 4.69) is 9.57 Å². The van der Waals surface area contributed by atoms with E-state index in [0.717, 1.165) is 12.1 Å². The van der Waals surface area contributed by atoms with Gasteiger partial charge in [0.15, 0.2) is 0 Å². The summed E-state index contributed by atoms with van der Waals surface area (Å²) in [6.45, 7) is 1.26. The van der Waals surface area contributed by atoms with Gasteiger partial charge in [0.2, 0.25) is 17.4 Å². The first kappa shape index (κ1) is 14.0. The fourth-order valence-electron chi connectivity index (χ4n) is 0.855. The van der Waals surface area contributed by atoms with E-state index in [9.17, 15) is 18.0 Å². The number of halogens is 3. The van der Waals surface area contributed by atoms with Crippen LogP contribution in [0.1, 0.15) is 13.8 Å². The van der Waals surface area contributed by atoms with E-state index in [4.69, 9.17) is 10.2 Å². The molecule has 0 aliphatic carbocycles. The Kier molecular flexibility index (Phi) is 3.36. The highest BCUT2D eigenvalue weighted by molar-refractivity contribution is 5.61. The van der Waals surface area contributed by atoms with Crippen LogP contribution in [0.3, 0.4) is 0 Å². The minimum absolute atomic E-state index is 0.217. The monoisotopic (exact) mass is 269 g/mol. The molecule has 0 saturated carbocycles. The van der Waals surface area contributed by atoms with Crippen LogP contribution in [0.5, 0.6) is 11.8 Å². The van der Waals surface area contributed by atoms with Crippen molar-refractivity contribution < 1.29 is 37.8 Å². The summed E-state index contributed by atoms with van der Waals surface area (Å²) in [5.41, 5.74) is -2.76. The van der Waals surface area contributed by atoms with Crippen LogP contribution in [0.15, 0.2) is 12.1 Å². The molecule has 6 nitrogen and oxygen atoms in total. The van der Waals surface area contributed by atoms with Crippen LogP contribution in [0.2, 0.25) is 0 Å². The van der Waals surface area contributed by atoms with Crippen molar-refractivity contribution >= 4 is 6.16 Å². The zero-order chi connectivity index (χ0) is 14.1. The Morgan fingerprint density at radius 2 is 1.67 bits per heavy atom. The second-order valence-electron chi connectivity index (χ2n) is 3.80. The molecule has 2 N–H and O–H groups in total. The molecule has 18 heavy (non-hydrogen) atoms. The third-order valence-electron chi connectivity index (χ3n) is 1.98. The molecule has 1 heterocycles. The number of carbonyl (C=O) groups is 1. The summed E-state index contributed by atoms with van der Waals surface area (Å²) < 4.78 is 41.5. The number of aromatic nitrogens is 1. The van der Waals surface area contributed by atoms with E-state index >= 15 is 0 Å². The number of aromatic hydroxyl groups is 2. The number of rotatable bonds is 2. The zero-order valence-electron chi connectivity index (χ0n) is 9.35. The van der Waals surface area contributed by atoms with Gasteiger partial charge in [0.1, 0.15) is 0 Å². The number of ether oxygens (including phenoxy) is 1. The Bertz CT molecular complexity index is 432. The van der Waals surface area contributed by atoms with Crippen molar-refractivity contribution in [2.24, 2.45) is 0 Å². The molecule has 0 radical (unpaired) electrons. The summed E-state index contributed by atoms with van der Waals surface area (Å²) in [6.07, 6.45) is -6.51. The molecule has 1 aromatic rings. The molecule has 0 saturated heterocycles. The number of alkyl halides is 3. The fraction of sp³-hybridized carbons (Fsp3) is 0.444. The lowest BCUT2D eigenvalue weighted by molar-refractivity contribution is -0.249. The van der Waals surface area contributed by atoms with Crippen LogP contribution in [-0.4, -0.2) is 32.9 Å². The second-order valence-corrected chi connectivity index (χ2v) is 3.80. The van der Waals surface area contributed by atoms with Gasteiger partial charge >= 0.3 is 12.3 Å². The van der Waals surface area contributed by atoms with E-state index < -0.39 is 29.7 Å². The second kappa shape index (κ2) is 4.31. The Balaban J connectivity index is 2.74. The molecular weight excluding hydrogens is 259 g/mol. The molecule has 0 spiro atoms. The molecule has 0 amide bonds. The van der Waals surface area contributed by atoms with Gasteiger partial charge in [-0.1, -0.05) is 0 Å². The molecule has 0 aromatic carbocycles. The highest BCUT2D eigenvalue weighted by Gasteiger charge is 2.51. The van der Waals surface area contributed by atoms with E-state index in [1.165, 1.54) is 0 Å². The van der Waals surface area contributed by atoms with Crippen molar-refractivity contribution in [2.45, 2.75) is 25.6 Å². The Morgan fingerprint density at radius 1 is 1.22 bits per heavy atom. The average Bonchev–Trinajstić information content (AvgIpc) is 2.46. The first-order valence-corrected chi connectivity index (χ1v) is 4.62. The minimum atomic E-state index is -4.78. The van der Waals surface area contributed by atoms with Gasteiger partial charge in [-0.25, -0.2) is 4.79 Å². The van der Waals surface area contributed by atoms with Crippen molar-refractivity contribution in [3.63, 3.8) is 0 Å². The first-order chi connectivity index (χ1) is 8.04. The van der Waals surface area contributed by atoms with E-state index in [1.807, 2.05) is 0 Å². The highest BCUT2D eigenvalue weighted by Crippen LogP contribution is 2.33. The van der Waals surface area contributed by atoms with Gasteiger partial charge < -0.3 is 14.9 Å². The molecule has 1 rings (SSSR count). The lowest BCUT2D eigenvalue weighted by atomic mass is 10.1. The van der Waals surface area contributed by atoms with Crippen molar-refractivity contribution in [2.75, 3.05) is 0 Å². The third kappa shape index (κ3) is 2.79. The van der Waals surface area contributed by atoms with Crippen molar-refractivity contribution in [3.05, 3.63) is 12.1 Å². The number of hydrogen-bond donors (Lipinski definition) is 2. The minimum Gasteiger partial charge on any atom is -0.492 e. The SMILES string of the molecule is CC(C)(OC(=O)On1c(O)ccc1O)C(F)(F)F. The Labute approximate surface area is 99.1 Å². The summed E-state index contributed by atoms with van der Waals surface area (Å²) in [4.78, 5) is 15.3. The van der Waals surface area contributed by atoms with E-state index in [-0.39, 0.29) is 4.73 Å². The van der Waals surface area contributed by atoms with Crippen molar-refractivity contribution in [3.8, 4) is 11.8 Å². The summed E-state index contributed by atoms with van der Waals surface area (Å²) in [6, 6.07) is 1.94. The molecule has 0 atom stereocenters. The Hall–Kier alpha value is -2.06. The highest BCUT2D eigenvalue weighted by atomic mass is 19.4. The fourth-order valence-corrected chi connectivity index (χ4v) is 0.855. The molecule has 1 aromatic heterocycles. The molecule has 0 aliphatic rings. The molecular formula is C9H10F3NO5. The number of hydrogen-bond acceptors (Lipinski definition) is 5. The standard InChI is InChI=1S/C9H10F3NO5/c1-8(2,9(10,11)12)17-7(16)18-13-5(14)3-4-6(13)15/h3-4,14-15H,1-2H3. The summed E-state index contributed by atoms with van der Waals surface area (Å²) in [5, 5.41) is 18.2. The largest absolute Gasteiger partial charge is 0.534 e. The summed E-state index contributed by atoms with van der Waals surface area (Å²) >= 11 is 0. The molecule has 9 heteroatoms. The van der Waals surface area contributed by atoms with E-state index in [0.29, 0.717) is 13.8 Å². The van der Waals surface area contributed by atoms with E-state index in [1.54, 1.807) is 0 Å². The first-order valence-electron chi connectivity index (χ1n) is 4.62.